The zero-order valence-corrected chi connectivity index (χ0v) is 13.6. The second kappa shape index (κ2) is 5.64. The number of aryl methyl sites for hydroxylation is 2. The van der Waals surface area contributed by atoms with Gasteiger partial charge < -0.3 is 4.42 Å². The van der Waals surface area contributed by atoms with Gasteiger partial charge in [0.2, 0.25) is 0 Å². The fourth-order valence-corrected chi connectivity index (χ4v) is 2.95. The van der Waals surface area contributed by atoms with Crippen molar-refractivity contribution in [2.24, 2.45) is 5.84 Å². The lowest BCUT2D eigenvalue weighted by Gasteiger charge is -2.16. The molecular formula is C17H17BrN2O. The van der Waals surface area contributed by atoms with Crippen molar-refractivity contribution in [2.75, 3.05) is 0 Å². The van der Waals surface area contributed by atoms with Gasteiger partial charge in [-0.05, 0) is 55.3 Å². The van der Waals surface area contributed by atoms with Gasteiger partial charge in [0.1, 0.15) is 17.4 Å². The van der Waals surface area contributed by atoms with Crippen molar-refractivity contribution in [1.82, 2.24) is 5.43 Å². The number of nitrogens with one attached hydrogen (secondary N) is 1. The molecular weight excluding hydrogens is 328 g/mol. The van der Waals surface area contributed by atoms with Gasteiger partial charge in [0.05, 0.1) is 0 Å². The number of furan rings is 1. The molecule has 0 spiro atoms. The van der Waals surface area contributed by atoms with Crippen LogP contribution in [0, 0.1) is 13.8 Å². The van der Waals surface area contributed by atoms with Crippen molar-refractivity contribution in [3.8, 4) is 0 Å². The maximum absolute atomic E-state index is 5.97. The Morgan fingerprint density at radius 3 is 2.67 bits per heavy atom. The van der Waals surface area contributed by atoms with E-state index in [1.807, 2.05) is 24.3 Å². The highest BCUT2D eigenvalue weighted by atomic mass is 79.9. The Morgan fingerprint density at radius 1 is 1.10 bits per heavy atom. The van der Waals surface area contributed by atoms with Gasteiger partial charge in [-0.1, -0.05) is 33.6 Å². The average molecular weight is 345 g/mol. The van der Waals surface area contributed by atoms with Gasteiger partial charge in [0.15, 0.2) is 0 Å². The standard InChI is InChI=1S/C17H17BrN2O/c1-10-3-6-15-12(7-10)8-16(21-15)17(20-19)14-9-13(18)5-4-11(14)2/h3-9,17,20H,19H2,1-2H3. The van der Waals surface area contributed by atoms with Crippen molar-refractivity contribution >= 4 is 26.9 Å². The summed E-state index contributed by atoms with van der Waals surface area (Å²) >= 11 is 3.51. The lowest BCUT2D eigenvalue weighted by molar-refractivity contribution is 0.476. The van der Waals surface area contributed by atoms with Crippen LogP contribution in [0.3, 0.4) is 0 Å². The van der Waals surface area contributed by atoms with E-state index in [2.05, 4.69) is 53.4 Å². The van der Waals surface area contributed by atoms with Crippen LogP contribution in [0.2, 0.25) is 0 Å². The lowest BCUT2D eigenvalue weighted by atomic mass is 10.00. The largest absolute Gasteiger partial charge is 0.459 e. The summed E-state index contributed by atoms with van der Waals surface area (Å²) < 4.78 is 6.99. The molecule has 2 aromatic carbocycles. The molecule has 0 bridgehead atoms. The Balaban J connectivity index is 2.11. The summed E-state index contributed by atoms with van der Waals surface area (Å²) in [5.41, 5.74) is 7.22. The van der Waals surface area contributed by atoms with Crippen molar-refractivity contribution in [3.05, 3.63) is 69.4 Å². The summed E-state index contributed by atoms with van der Waals surface area (Å²) in [4.78, 5) is 0. The first kappa shape index (κ1) is 14.3. The smallest absolute Gasteiger partial charge is 0.134 e. The van der Waals surface area contributed by atoms with Gasteiger partial charge in [-0.3, -0.25) is 5.84 Å². The first-order valence-electron chi connectivity index (χ1n) is 6.81. The summed E-state index contributed by atoms with van der Waals surface area (Å²) in [6.45, 7) is 4.14. The van der Waals surface area contributed by atoms with E-state index in [9.17, 15) is 0 Å². The summed E-state index contributed by atoms with van der Waals surface area (Å²) in [7, 11) is 0. The molecule has 0 aliphatic heterocycles. The van der Waals surface area contributed by atoms with Crippen LogP contribution >= 0.6 is 15.9 Å². The molecule has 3 nitrogen and oxygen atoms in total. The Kier molecular flexibility index (Phi) is 3.85. The highest BCUT2D eigenvalue weighted by molar-refractivity contribution is 9.10. The second-order valence-corrected chi connectivity index (χ2v) is 6.21. The first-order chi connectivity index (χ1) is 10.1. The molecule has 0 saturated heterocycles. The van der Waals surface area contributed by atoms with Gasteiger partial charge in [0, 0.05) is 9.86 Å². The number of fused-ring (bicyclic) bond motifs is 1. The maximum atomic E-state index is 5.97. The van der Waals surface area contributed by atoms with Crippen molar-refractivity contribution in [1.29, 1.82) is 0 Å². The average Bonchev–Trinajstić information content (AvgIpc) is 2.86. The van der Waals surface area contributed by atoms with E-state index in [1.165, 1.54) is 5.56 Å². The Labute approximate surface area is 132 Å². The molecule has 0 radical (unpaired) electrons. The quantitative estimate of drug-likeness (QED) is 0.548. The first-order valence-corrected chi connectivity index (χ1v) is 7.60. The van der Waals surface area contributed by atoms with E-state index in [4.69, 9.17) is 10.3 Å². The van der Waals surface area contributed by atoms with Crippen LogP contribution in [0.1, 0.15) is 28.5 Å². The third-order valence-corrected chi connectivity index (χ3v) is 4.19. The van der Waals surface area contributed by atoms with Crippen molar-refractivity contribution < 1.29 is 4.42 Å². The SMILES string of the molecule is Cc1ccc2oc(C(NN)c3cc(Br)ccc3C)cc2c1. The molecule has 1 atom stereocenters. The molecule has 4 heteroatoms. The minimum absolute atomic E-state index is 0.171. The number of halogens is 1. The predicted molar refractivity (Wildman–Crippen MR) is 89.0 cm³/mol. The molecule has 0 fully saturated rings. The number of hydrogen-bond acceptors (Lipinski definition) is 3. The van der Waals surface area contributed by atoms with Gasteiger partial charge >= 0.3 is 0 Å². The maximum Gasteiger partial charge on any atom is 0.134 e. The molecule has 0 aliphatic rings. The number of rotatable bonds is 3. The molecule has 0 amide bonds. The van der Waals surface area contributed by atoms with Crippen LogP contribution < -0.4 is 11.3 Å². The third-order valence-electron chi connectivity index (χ3n) is 3.69. The summed E-state index contributed by atoms with van der Waals surface area (Å²) in [5, 5.41) is 1.10. The van der Waals surface area contributed by atoms with E-state index in [0.29, 0.717) is 0 Å². The molecule has 0 aliphatic carbocycles. The minimum atomic E-state index is -0.171. The van der Waals surface area contributed by atoms with E-state index in [0.717, 1.165) is 32.3 Å². The van der Waals surface area contributed by atoms with E-state index in [1.54, 1.807) is 0 Å². The minimum Gasteiger partial charge on any atom is -0.459 e. The second-order valence-electron chi connectivity index (χ2n) is 5.29. The molecule has 3 rings (SSSR count). The van der Waals surface area contributed by atoms with Gasteiger partial charge in [-0.2, -0.15) is 0 Å². The fourth-order valence-electron chi connectivity index (χ4n) is 2.57. The summed E-state index contributed by atoms with van der Waals surface area (Å²) in [5.74, 6) is 6.60. The molecule has 108 valence electrons. The van der Waals surface area contributed by atoms with Gasteiger partial charge in [-0.25, -0.2) is 5.43 Å². The third kappa shape index (κ3) is 2.75. The van der Waals surface area contributed by atoms with E-state index < -0.39 is 0 Å². The highest BCUT2D eigenvalue weighted by Gasteiger charge is 2.19. The van der Waals surface area contributed by atoms with E-state index in [-0.39, 0.29) is 6.04 Å². The fraction of sp³-hybridized carbons (Fsp3) is 0.176. The number of hydrazine groups is 1. The molecule has 1 unspecified atom stereocenters. The Bertz CT molecular complexity index is 795. The van der Waals surface area contributed by atoms with Crippen LogP contribution in [-0.2, 0) is 0 Å². The Morgan fingerprint density at radius 2 is 1.90 bits per heavy atom. The number of nitrogens with two attached hydrogens (primary N) is 1. The highest BCUT2D eigenvalue weighted by Crippen LogP contribution is 2.31. The van der Waals surface area contributed by atoms with E-state index >= 15 is 0 Å². The van der Waals surface area contributed by atoms with Gasteiger partial charge in [-0.15, -0.1) is 0 Å². The molecule has 1 heterocycles. The molecule has 3 N–H and O–H groups in total. The molecule has 3 aromatic rings. The van der Waals surface area contributed by atoms with Crippen LogP contribution in [0.15, 0.2) is 51.4 Å². The molecule has 0 saturated carbocycles. The summed E-state index contributed by atoms with van der Waals surface area (Å²) in [6.07, 6.45) is 0. The zero-order valence-electron chi connectivity index (χ0n) is 12.0. The summed E-state index contributed by atoms with van der Waals surface area (Å²) in [6, 6.07) is 14.2. The van der Waals surface area contributed by atoms with Crippen LogP contribution in [-0.4, -0.2) is 0 Å². The van der Waals surface area contributed by atoms with Gasteiger partial charge in [0.25, 0.3) is 0 Å². The normalized spacial score (nSPS) is 12.8. The monoisotopic (exact) mass is 344 g/mol. The van der Waals surface area contributed by atoms with Crippen LogP contribution in [0.25, 0.3) is 11.0 Å². The van der Waals surface area contributed by atoms with Crippen LogP contribution in [0.5, 0.6) is 0 Å². The van der Waals surface area contributed by atoms with Crippen molar-refractivity contribution in [2.45, 2.75) is 19.9 Å². The Hall–Kier alpha value is -1.62. The number of benzene rings is 2. The lowest BCUT2D eigenvalue weighted by Crippen LogP contribution is -2.29. The molecule has 21 heavy (non-hydrogen) atoms. The van der Waals surface area contributed by atoms with Crippen molar-refractivity contribution in [3.63, 3.8) is 0 Å². The predicted octanol–water partition coefficient (Wildman–Crippen LogP) is 4.36. The molecule has 1 aromatic heterocycles. The van der Waals surface area contributed by atoms with Crippen LogP contribution in [0.4, 0.5) is 0 Å². The zero-order chi connectivity index (χ0) is 15.0. The number of hydrogen-bond donors (Lipinski definition) is 2. The topological polar surface area (TPSA) is 51.2 Å².